The van der Waals surface area contributed by atoms with Crippen LogP contribution in [0.2, 0.25) is 5.02 Å². The summed E-state index contributed by atoms with van der Waals surface area (Å²) in [5, 5.41) is 11.5. The quantitative estimate of drug-likeness (QED) is 0.783. The van der Waals surface area contributed by atoms with Crippen LogP contribution in [-0.4, -0.2) is 14.8 Å². The normalized spacial score (nSPS) is 10.5. The molecule has 0 aliphatic heterocycles. The van der Waals surface area contributed by atoms with Gasteiger partial charge >= 0.3 is 0 Å². The zero-order valence-electron chi connectivity index (χ0n) is 12.3. The second-order valence-electron chi connectivity index (χ2n) is 5.10. The topological polar surface area (TPSA) is 59.8 Å². The van der Waals surface area contributed by atoms with Crippen molar-refractivity contribution in [1.82, 2.24) is 14.8 Å². The van der Waals surface area contributed by atoms with Crippen molar-refractivity contribution in [3.8, 4) is 0 Å². The first-order chi connectivity index (χ1) is 11.2. The molecule has 0 atom stereocenters. The van der Waals surface area contributed by atoms with Crippen molar-refractivity contribution >= 4 is 17.4 Å². The lowest BCUT2D eigenvalue weighted by atomic mass is 10.1. The fraction of sp³-hybridized carbons (Fsp3) is 0.118. The molecule has 1 N–H and O–H groups in total. The Labute approximate surface area is 138 Å². The van der Waals surface area contributed by atoms with E-state index in [9.17, 15) is 4.79 Å². The molecule has 1 aromatic carbocycles. The fourth-order valence-corrected chi connectivity index (χ4v) is 2.32. The van der Waals surface area contributed by atoms with E-state index >= 15 is 0 Å². The fourth-order valence-electron chi connectivity index (χ4n) is 2.17. The molecule has 116 valence electrons. The van der Waals surface area contributed by atoms with Crippen LogP contribution in [0.25, 0.3) is 0 Å². The molecule has 3 aromatic rings. The summed E-state index contributed by atoms with van der Waals surface area (Å²) in [6, 6.07) is 15.0. The van der Waals surface area contributed by atoms with E-state index in [1.54, 1.807) is 29.0 Å². The second-order valence-corrected chi connectivity index (χ2v) is 5.53. The van der Waals surface area contributed by atoms with Crippen LogP contribution in [0.1, 0.15) is 11.1 Å². The average molecular weight is 327 g/mol. The Morgan fingerprint density at radius 3 is 2.61 bits per heavy atom. The molecule has 23 heavy (non-hydrogen) atoms. The van der Waals surface area contributed by atoms with Crippen molar-refractivity contribution < 1.29 is 0 Å². The maximum Gasteiger partial charge on any atom is 0.250 e. The first-order valence-electron chi connectivity index (χ1n) is 7.16. The number of rotatable bonds is 5. The van der Waals surface area contributed by atoms with Gasteiger partial charge in [-0.25, -0.2) is 0 Å². The van der Waals surface area contributed by atoms with Gasteiger partial charge in [0.05, 0.1) is 17.8 Å². The molecule has 0 saturated heterocycles. The van der Waals surface area contributed by atoms with E-state index in [0.717, 1.165) is 11.1 Å². The minimum Gasteiger partial charge on any atom is -0.364 e. The number of benzene rings is 1. The molecule has 5 nitrogen and oxygen atoms in total. The van der Waals surface area contributed by atoms with Crippen LogP contribution in [0.4, 0.5) is 5.82 Å². The van der Waals surface area contributed by atoms with E-state index in [0.29, 0.717) is 23.9 Å². The monoisotopic (exact) mass is 326 g/mol. The lowest BCUT2D eigenvalue weighted by Crippen LogP contribution is -2.18. The molecule has 2 aromatic heterocycles. The number of nitrogens with zero attached hydrogens (tertiary/aromatic N) is 3. The predicted molar refractivity (Wildman–Crippen MR) is 90.6 cm³/mol. The number of hydrogen-bond acceptors (Lipinski definition) is 4. The van der Waals surface area contributed by atoms with E-state index in [-0.39, 0.29) is 5.56 Å². The first kappa shape index (κ1) is 15.2. The van der Waals surface area contributed by atoms with Gasteiger partial charge in [0.25, 0.3) is 5.56 Å². The number of nitrogens with one attached hydrogen (secondary N) is 1. The average Bonchev–Trinajstić information content (AvgIpc) is 2.56. The van der Waals surface area contributed by atoms with Gasteiger partial charge in [-0.15, -0.1) is 5.10 Å². The Morgan fingerprint density at radius 2 is 1.87 bits per heavy atom. The molecule has 2 heterocycles. The maximum absolute atomic E-state index is 11.7. The molecular weight excluding hydrogens is 312 g/mol. The van der Waals surface area contributed by atoms with Gasteiger partial charge in [0, 0.05) is 24.9 Å². The predicted octanol–water partition coefficient (Wildman–Crippen LogP) is 2.95. The molecule has 0 spiro atoms. The van der Waals surface area contributed by atoms with Crippen molar-refractivity contribution in [2.45, 2.75) is 13.1 Å². The molecule has 0 bridgehead atoms. The van der Waals surface area contributed by atoms with E-state index < -0.39 is 0 Å². The summed E-state index contributed by atoms with van der Waals surface area (Å²) in [6.07, 6.45) is 3.28. The van der Waals surface area contributed by atoms with Crippen LogP contribution < -0.4 is 10.9 Å². The molecule has 0 aliphatic carbocycles. The summed E-state index contributed by atoms with van der Waals surface area (Å²) < 4.78 is 1.68. The largest absolute Gasteiger partial charge is 0.364 e. The number of pyridine rings is 1. The van der Waals surface area contributed by atoms with Gasteiger partial charge < -0.3 is 9.88 Å². The van der Waals surface area contributed by atoms with Gasteiger partial charge in [0.1, 0.15) is 5.82 Å². The highest BCUT2D eigenvalue weighted by Gasteiger charge is 2.00. The van der Waals surface area contributed by atoms with Crippen molar-refractivity contribution in [1.29, 1.82) is 0 Å². The summed E-state index contributed by atoms with van der Waals surface area (Å²) in [5.41, 5.74) is 2.18. The third kappa shape index (κ3) is 4.17. The summed E-state index contributed by atoms with van der Waals surface area (Å²) in [6.45, 7) is 1.19. The minimum atomic E-state index is -0.00206. The zero-order chi connectivity index (χ0) is 16.1. The number of anilines is 1. The van der Waals surface area contributed by atoms with Crippen molar-refractivity contribution in [3.63, 3.8) is 0 Å². The standard InChI is InChI=1S/C17H15ClN4O/c18-15-9-16(21-20-11-15)19-10-13-4-6-14(7-5-13)12-22-8-2-1-3-17(22)23/h1-9,11H,10,12H2,(H,19,21). The van der Waals surface area contributed by atoms with Gasteiger partial charge in [0.15, 0.2) is 0 Å². The molecule has 0 fully saturated rings. The number of halogens is 1. The smallest absolute Gasteiger partial charge is 0.250 e. The van der Waals surface area contributed by atoms with Gasteiger partial charge in [-0.05, 0) is 17.2 Å². The van der Waals surface area contributed by atoms with Crippen LogP contribution in [0.5, 0.6) is 0 Å². The molecule has 0 aliphatic rings. The molecule has 6 heteroatoms. The van der Waals surface area contributed by atoms with Crippen LogP contribution >= 0.6 is 11.6 Å². The van der Waals surface area contributed by atoms with Crippen LogP contribution in [0.3, 0.4) is 0 Å². The van der Waals surface area contributed by atoms with Gasteiger partial charge in [-0.3, -0.25) is 4.79 Å². The molecule has 0 amide bonds. The Morgan fingerprint density at radius 1 is 1.09 bits per heavy atom. The third-order valence-electron chi connectivity index (χ3n) is 3.37. The summed E-state index contributed by atoms with van der Waals surface area (Å²) >= 11 is 5.87. The summed E-state index contributed by atoms with van der Waals surface area (Å²) in [4.78, 5) is 11.7. The minimum absolute atomic E-state index is 0.00206. The Bertz CT molecular complexity index is 845. The molecule has 0 radical (unpaired) electrons. The highest BCUT2D eigenvalue weighted by molar-refractivity contribution is 6.30. The summed E-state index contributed by atoms with van der Waals surface area (Å²) in [7, 11) is 0. The highest BCUT2D eigenvalue weighted by atomic mass is 35.5. The molecule has 3 rings (SSSR count). The molecule has 0 unspecified atom stereocenters. The zero-order valence-corrected chi connectivity index (χ0v) is 13.1. The van der Waals surface area contributed by atoms with Gasteiger partial charge in [-0.2, -0.15) is 5.10 Å². The third-order valence-corrected chi connectivity index (χ3v) is 3.58. The van der Waals surface area contributed by atoms with E-state index in [1.165, 1.54) is 6.20 Å². The first-order valence-corrected chi connectivity index (χ1v) is 7.54. The second kappa shape index (κ2) is 7.07. The van der Waals surface area contributed by atoms with E-state index in [2.05, 4.69) is 15.5 Å². The SMILES string of the molecule is O=c1ccccn1Cc1ccc(CNc2cc(Cl)cnn2)cc1. The van der Waals surface area contributed by atoms with Gasteiger partial charge in [-0.1, -0.05) is 41.9 Å². The van der Waals surface area contributed by atoms with E-state index in [1.807, 2.05) is 30.3 Å². The number of aromatic nitrogens is 3. The lowest BCUT2D eigenvalue weighted by Gasteiger charge is -2.08. The van der Waals surface area contributed by atoms with E-state index in [4.69, 9.17) is 11.6 Å². The van der Waals surface area contributed by atoms with Gasteiger partial charge in [0.2, 0.25) is 0 Å². The summed E-state index contributed by atoms with van der Waals surface area (Å²) in [5.74, 6) is 0.636. The maximum atomic E-state index is 11.7. The molecule has 0 saturated carbocycles. The van der Waals surface area contributed by atoms with Crippen molar-refractivity contribution in [2.75, 3.05) is 5.32 Å². The number of hydrogen-bond donors (Lipinski definition) is 1. The van der Waals surface area contributed by atoms with Crippen molar-refractivity contribution in [2.24, 2.45) is 0 Å². The highest BCUT2D eigenvalue weighted by Crippen LogP contribution is 2.12. The molecular formula is C17H15ClN4O. The van der Waals surface area contributed by atoms with Crippen LogP contribution in [0, 0.1) is 0 Å². The van der Waals surface area contributed by atoms with Crippen LogP contribution in [-0.2, 0) is 13.1 Å². The Kier molecular flexibility index (Phi) is 4.68. The van der Waals surface area contributed by atoms with Crippen LogP contribution in [0.15, 0.2) is 65.7 Å². The van der Waals surface area contributed by atoms with Crippen molar-refractivity contribution in [3.05, 3.63) is 87.4 Å². The Balaban J connectivity index is 1.63. The Hall–Kier alpha value is -2.66. The lowest BCUT2D eigenvalue weighted by molar-refractivity contribution is 0.759.